The molecule has 0 aliphatic heterocycles. The number of aryl methyl sites for hydroxylation is 1. The lowest BCUT2D eigenvalue weighted by atomic mass is 10.3. The molecule has 0 saturated carbocycles. The number of nitrogens with zero attached hydrogens (tertiary/aromatic N) is 1. The Labute approximate surface area is 116 Å². The largest absolute Gasteiger partial charge is 0.398 e. The monoisotopic (exact) mass is 297 g/mol. The van der Waals surface area contributed by atoms with Crippen LogP contribution in [0.4, 0.5) is 11.5 Å². The van der Waals surface area contributed by atoms with Crippen LogP contribution in [0.1, 0.15) is 5.56 Å². The molecule has 0 spiro atoms. The van der Waals surface area contributed by atoms with Crippen molar-refractivity contribution in [3.63, 3.8) is 0 Å². The Kier molecular flexibility index (Phi) is 3.64. The summed E-state index contributed by atoms with van der Waals surface area (Å²) in [4.78, 5) is 3.80. The molecule has 0 aliphatic carbocycles. The number of hydrogen-bond donors (Lipinski definition) is 2. The molecule has 100 valence electrons. The minimum atomic E-state index is -3.86. The summed E-state index contributed by atoms with van der Waals surface area (Å²) in [5.41, 5.74) is 6.65. The Morgan fingerprint density at radius 1 is 1.32 bits per heavy atom. The van der Waals surface area contributed by atoms with Gasteiger partial charge in [0, 0.05) is 6.20 Å². The molecule has 0 radical (unpaired) electrons. The summed E-state index contributed by atoms with van der Waals surface area (Å²) >= 11 is 5.89. The van der Waals surface area contributed by atoms with Crippen LogP contribution in [-0.4, -0.2) is 13.4 Å². The van der Waals surface area contributed by atoms with E-state index in [2.05, 4.69) is 9.71 Å². The van der Waals surface area contributed by atoms with Gasteiger partial charge in [-0.15, -0.1) is 0 Å². The van der Waals surface area contributed by atoms with Crippen molar-refractivity contribution in [2.45, 2.75) is 11.8 Å². The van der Waals surface area contributed by atoms with Crippen molar-refractivity contribution >= 4 is 33.1 Å². The molecule has 0 fully saturated rings. The van der Waals surface area contributed by atoms with E-state index < -0.39 is 10.0 Å². The fraction of sp³-hybridized carbons (Fsp3) is 0.0833. The lowest BCUT2D eigenvalue weighted by Gasteiger charge is -2.11. The molecule has 0 bridgehead atoms. The van der Waals surface area contributed by atoms with Gasteiger partial charge in [-0.25, -0.2) is 13.4 Å². The van der Waals surface area contributed by atoms with Crippen LogP contribution in [0, 0.1) is 6.92 Å². The van der Waals surface area contributed by atoms with Crippen LogP contribution >= 0.6 is 11.6 Å². The summed E-state index contributed by atoms with van der Waals surface area (Å²) in [5.74, 6) is 0.222. The number of pyridine rings is 1. The fourth-order valence-corrected chi connectivity index (χ4v) is 3.27. The predicted molar refractivity (Wildman–Crippen MR) is 75.6 cm³/mol. The van der Waals surface area contributed by atoms with E-state index >= 15 is 0 Å². The molecule has 1 heterocycles. The average molecular weight is 298 g/mol. The van der Waals surface area contributed by atoms with Crippen LogP contribution in [-0.2, 0) is 10.0 Å². The molecule has 1 aromatic heterocycles. The minimum Gasteiger partial charge on any atom is -0.398 e. The second-order valence-electron chi connectivity index (χ2n) is 3.98. The summed E-state index contributed by atoms with van der Waals surface area (Å²) in [5, 5.41) is 0.0696. The highest BCUT2D eigenvalue weighted by Gasteiger charge is 2.21. The number of anilines is 2. The summed E-state index contributed by atoms with van der Waals surface area (Å²) in [7, 11) is -3.86. The highest BCUT2D eigenvalue weighted by Crippen LogP contribution is 2.28. The van der Waals surface area contributed by atoms with Gasteiger partial charge in [0.15, 0.2) is 0 Å². The average Bonchev–Trinajstić information content (AvgIpc) is 2.27. The van der Waals surface area contributed by atoms with Gasteiger partial charge in [-0.1, -0.05) is 17.7 Å². The van der Waals surface area contributed by atoms with Gasteiger partial charge in [-0.05, 0) is 36.8 Å². The zero-order valence-electron chi connectivity index (χ0n) is 10.1. The van der Waals surface area contributed by atoms with Crippen molar-refractivity contribution in [1.29, 1.82) is 0 Å². The van der Waals surface area contributed by atoms with Gasteiger partial charge < -0.3 is 5.73 Å². The molecular weight excluding hydrogens is 286 g/mol. The molecule has 3 N–H and O–H groups in total. The van der Waals surface area contributed by atoms with Crippen LogP contribution in [0.2, 0.25) is 5.02 Å². The highest BCUT2D eigenvalue weighted by atomic mass is 35.5. The lowest BCUT2D eigenvalue weighted by Crippen LogP contribution is -2.16. The maximum absolute atomic E-state index is 12.2. The van der Waals surface area contributed by atoms with Crippen molar-refractivity contribution in [3.05, 3.63) is 47.1 Å². The molecule has 0 amide bonds. The SMILES string of the molecule is Cc1ccnc(NS(=O)(=O)c2c(N)cccc2Cl)c1. The van der Waals surface area contributed by atoms with E-state index in [9.17, 15) is 8.42 Å². The summed E-state index contributed by atoms with van der Waals surface area (Å²) < 4.78 is 26.8. The Balaban J connectivity index is 2.44. The Hall–Kier alpha value is -1.79. The number of hydrogen-bond acceptors (Lipinski definition) is 4. The second-order valence-corrected chi connectivity index (χ2v) is 6.01. The number of nitrogens with two attached hydrogens (primary N) is 1. The number of halogens is 1. The van der Waals surface area contributed by atoms with Crippen LogP contribution in [0.3, 0.4) is 0 Å². The van der Waals surface area contributed by atoms with Gasteiger partial charge in [-0.2, -0.15) is 0 Å². The molecule has 1 aromatic carbocycles. The fourth-order valence-electron chi connectivity index (χ4n) is 1.59. The molecule has 0 saturated heterocycles. The molecule has 2 rings (SSSR count). The maximum atomic E-state index is 12.2. The van der Waals surface area contributed by atoms with Gasteiger partial charge >= 0.3 is 0 Å². The van der Waals surface area contributed by atoms with Gasteiger partial charge in [-0.3, -0.25) is 4.72 Å². The third-order valence-corrected chi connectivity index (χ3v) is 4.32. The van der Waals surface area contributed by atoms with Gasteiger partial charge in [0.1, 0.15) is 10.7 Å². The molecular formula is C12H12ClN3O2S. The predicted octanol–water partition coefficient (Wildman–Crippen LogP) is 2.43. The highest BCUT2D eigenvalue weighted by molar-refractivity contribution is 7.93. The molecule has 0 unspecified atom stereocenters. The second kappa shape index (κ2) is 5.07. The first-order valence-corrected chi connectivity index (χ1v) is 7.26. The minimum absolute atomic E-state index is 0.0696. The Morgan fingerprint density at radius 2 is 2.05 bits per heavy atom. The van der Waals surface area contributed by atoms with Crippen LogP contribution < -0.4 is 10.5 Å². The Bertz CT molecular complexity index is 696. The van der Waals surface area contributed by atoms with Crippen LogP contribution in [0.15, 0.2) is 41.4 Å². The standard InChI is InChI=1S/C12H12ClN3O2S/c1-8-5-6-15-11(7-8)16-19(17,18)12-9(13)3-2-4-10(12)14/h2-7H,14H2,1H3,(H,15,16). The van der Waals surface area contributed by atoms with Crippen LogP contribution in [0.25, 0.3) is 0 Å². The van der Waals surface area contributed by atoms with E-state index in [1.54, 1.807) is 18.2 Å². The van der Waals surface area contributed by atoms with Gasteiger partial charge in [0.25, 0.3) is 10.0 Å². The van der Waals surface area contributed by atoms with Crippen molar-refractivity contribution < 1.29 is 8.42 Å². The zero-order chi connectivity index (χ0) is 14.0. The quantitative estimate of drug-likeness (QED) is 0.852. The molecule has 7 heteroatoms. The Morgan fingerprint density at radius 3 is 2.68 bits per heavy atom. The molecule has 0 aliphatic rings. The van der Waals surface area contributed by atoms with Gasteiger partial charge in [0.2, 0.25) is 0 Å². The van der Waals surface area contributed by atoms with Gasteiger partial charge in [0.05, 0.1) is 10.7 Å². The first-order valence-electron chi connectivity index (χ1n) is 5.39. The number of nitrogen functional groups attached to an aromatic ring is 1. The van der Waals surface area contributed by atoms with E-state index in [1.807, 2.05) is 6.92 Å². The number of benzene rings is 1. The first kappa shape index (κ1) is 13.6. The topological polar surface area (TPSA) is 85.1 Å². The van der Waals surface area contributed by atoms with Crippen molar-refractivity contribution in [2.24, 2.45) is 0 Å². The first-order chi connectivity index (χ1) is 8.90. The zero-order valence-corrected chi connectivity index (χ0v) is 11.7. The van der Waals surface area contributed by atoms with Crippen LogP contribution in [0.5, 0.6) is 0 Å². The normalized spacial score (nSPS) is 11.3. The van der Waals surface area contributed by atoms with E-state index in [1.165, 1.54) is 18.3 Å². The number of aromatic nitrogens is 1. The van der Waals surface area contributed by atoms with Crippen molar-refractivity contribution in [2.75, 3.05) is 10.5 Å². The molecule has 5 nitrogen and oxygen atoms in total. The number of sulfonamides is 1. The van der Waals surface area contributed by atoms with E-state index in [0.29, 0.717) is 0 Å². The van der Waals surface area contributed by atoms with Crippen molar-refractivity contribution in [3.8, 4) is 0 Å². The smallest absolute Gasteiger partial charge is 0.266 e. The van der Waals surface area contributed by atoms with Crippen molar-refractivity contribution in [1.82, 2.24) is 4.98 Å². The number of nitrogens with one attached hydrogen (secondary N) is 1. The lowest BCUT2D eigenvalue weighted by molar-refractivity contribution is 0.601. The molecule has 19 heavy (non-hydrogen) atoms. The molecule has 2 aromatic rings. The third-order valence-electron chi connectivity index (χ3n) is 2.42. The summed E-state index contributed by atoms with van der Waals surface area (Å²) in [6.45, 7) is 1.84. The summed E-state index contributed by atoms with van der Waals surface area (Å²) in [6, 6.07) is 7.91. The summed E-state index contributed by atoms with van der Waals surface area (Å²) in [6.07, 6.45) is 1.52. The third kappa shape index (κ3) is 2.97. The van der Waals surface area contributed by atoms with E-state index in [0.717, 1.165) is 5.56 Å². The maximum Gasteiger partial charge on any atom is 0.266 e. The van der Waals surface area contributed by atoms with E-state index in [4.69, 9.17) is 17.3 Å². The number of rotatable bonds is 3. The molecule has 0 atom stereocenters. The van der Waals surface area contributed by atoms with E-state index in [-0.39, 0.29) is 21.4 Å².